The van der Waals surface area contributed by atoms with Gasteiger partial charge in [-0.2, -0.15) is 0 Å². The van der Waals surface area contributed by atoms with Gasteiger partial charge in [0.15, 0.2) is 11.6 Å². The molecule has 4 heteroatoms. The van der Waals surface area contributed by atoms with Crippen molar-refractivity contribution in [2.45, 2.75) is 19.3 Å². The second-order valence-corrected chi connectivity index (χ2v) is 3.71. The van der Waals surface area contributed by atoms with Crippen molar-refractivity contribution in [2.75, 3.05) is 6.54 Å². The molecule has 0 saturated carbocycles. The summed E-state index contributed by atoms with van der Waals surface area (Å²) in [5.41, 5.74) is 5.64. The largest absolute Gasteiger partial charge is 0.330 e. The standard InChI is InChI=1S/C10H12ClF2N/c1-6(2-3-14)8-4-7(11)5-9(12)10(8)13/h4-6H,2-3,14H2,1H3. The van der Waals surface area contributed by atoms with E-state index < -0.39 is 11.6 Å². The maximum absolute atomic E-state index is 13.3. The van der Waals surface area contributed by atoms with Crippen LogP contribution in [0.25, 0.3) is 0 Å². The van der Waals surface area contributed by atoms with Gasteiger partial charge in [-0.25, -0.2) is 8.78 Å². The van der Waals surface area contributed by atoms with Crippen LogP contribution in [-0.2, 0) is 0 Å². The van der Waals surface area contributed by atoms with Crippen LogP contribution in [0, 0.1) is 11.6 Å². The van der Waals surface area contributed by atoms with E-state index in [9.17, 15) is 8.78 Å². The fraction of sp³-hybridized carbons (Fsp3) is 0.400. The van der Waals surface area contributed by atoms with Gasteiger partial charge in [-0.1, -0.05) is 18.5 Å². The Hall–Kier alpha value is -0.670. The molecule has 0 fully saturated rings. The topological polar surface area (TPSA) is 26.0 Å². The fourth-order valence-corrected chi connectivity index (χ4v) is 1.55. The molecule has 0 heterocycles. The molecule has 1 unspecified atom stereocenters. The Balaban J connectivity index is 3.07. The first kappa shape index (κ1) is 11.4. The number of hydrogen-bond acceptors (Lipinski definition) is 1. The van der Waals surface area contributed by atoms with Gasteiger partial charge in [-0.15, -0.1) is 0 Å². The SMILES string of the molecule is CC(CCN)c1cc(Cl)cc(F)c1F. The van der Waals surface area contributed by atoms with E-state index in [0.29, 0.717) is 18.5 Å². The summed E-state index contributed by atoms with van der Waals surface area (Å²) in [6.07, 6.45) is 0.608. The lowest BCUT2D eigenvalue weighted by molar-refractivity contribution is 0.487. The van der Waals surface area contributed by atoms with E-state index in [2.05, 4.69) is 0 Å². The van der Waals surface area contributed by atoms with Crippen LogP contribution in [0.3, 0.4) is 0 Å². The zero-order valence-electron chi connectivity index (χ0n) is 7.86. The molecule has 0 radical (unpaired) electrons. The Morgan fingerprint density at radius 3 is 2.64 bits per heavy atom. The fourth-order valence-electron chi connectivity index (χ4n) is 1.34. The van der Waals surface area contributed by atoms with Crippen LogP contribution in [0.15, 0.2) is 12.1 Å². The molecule has 1 rings (SSSR count). The van der Waals surface area contributed by atoms with Crippen molar-refractivity contribution in [3.8, 4) is 0 Å². The first-order chi connectivity index (χ1) is 6.56. The molecule has 0 aliphatic carbocycles. The monoisotopic (exact) mass is 219 g/mol. The third-order valence-electron chi connectivity index (χ3n) is 2.15. The molecule has 0 aliphatic heterocycles. The molecule has 78 valence electrons. The lowest BCUT2D eigenvalue weighted by atomic mass is 9.97. The van der Waals surface area contributed by atoms with E-state index in [-0.39, 0.29) is 10.9 Å². The number of rotatable bonds is 3. The summed E-state index contributed by atoms with van der Waals surface area (Å²) < 4.78 is 26.2. The van der Waals surface area contributed by atoms with Crippen molar-refractivity contribution in [3.63, 3.8) is 0 Å². The van der Waals surface area contributed by atoms with E-state index >= 15 is 0 Å². The first-order valence-corrected chi connectivity index (χ1v) is 4.78. The highest BCUT2D eigenvalue weighted by Crippen LogP contribution is 2.26. The third kappa shape index (κ3) is 2.42. The molecule has 1 aromatic carbocycles. The van der Waals surface area contributed by atoms with Crippen molar-refractivity contribution in [2.24, 2.45) is 5.73 Å². The van der Waals surface area contributed by atoms with E-state index in [1.807, 2.05) is 0 Å². The summed E-state index contributed by atoms with van der Waals surface area (Å²) >= 11 is 5.63. The average Bonchev–Trinajstić information content (AvgIpc) is 2.11. The number of halogens is 3. The number of hydrogen-bond donors (Lipinski definition) is 1. The van der Waals surface area contributed by atoms with Crippen molar-refractivity contribution in [3.05, 3.63) is 34.4 Å². The van der Waals surface area contributed by atoms with Crippen molar-refractivity contribution < 1.29 is 8.78 Å². The Labute approximate surface area is 86.9 Å². The Morgan fingerprint density at radius 2 is 2.07 bits per heavy atom. The van der Waals surface area contributed by atoms with Gasteiger partial charge in [0.25, 0.3) is 0 Å². The highest BCUT2D eigenvalue weighted by atomic mass is 35.5. The highest BCUT2D eigenvalue weighted by Gasteiger charge is 2.15. The molecule has 2 N–H and O–H groups in total. The van der Waals surface area contributed by atoms with Crippen LogP contribution in [0.4, 0.5) is 8.78 Å². The molecule has 14 heavy (non-hydrogen) atoms. The summed E-state index contributed by atoms with van der Waals surface area (Å²) in [6.45, 7) is 2.23. The summed E-state index contributed by atoms with van der Waals surface area (Å²) in [5, 5.41) is 0.211. The van der Waals surface area contributed by atoms with Gasteiger partial charge in [0.2, 0.25) is 0 Å². The Bertz CT molecular complexity index is 328. The van der Waals surface area contributed by atoms with Gasteiger partial charge in [-0.3, -0.25) is 0 Å². The van der Waals surface area contributed by atoms with E-state index in [1.165, 1.54) is 6.07 Å². The second kappa shape index (κ2) is 4.71. The van der Waals surface area contributed by atoms with Crippen molar-refractivity contribution >= 4 is 11.6 Å². The highest BCUT2D eigenvalue weighted by molar-refractivity contribution is 6.30. The minimum atomic E-state index is -0.906. The van der Waals surface area contributed by atoms with E-state index in [0.717, 1.165) is 6.07 Å². The van der Waals surface area contributed by atoms with Crippen LogP contribution < -0.4 is 5.73 Å². The minimum absolute atomic E-state index is 0.117. The molecular formula is C10H12ClF2N. The first-order valence-electron chi connectivity index (χ1n) is 4.40. The Kier molecular flexibility index (Phi) is 3.84. The zero-order chi connectivity index (χ0) is 10.7. The predicted octanol–water partition coefficient (Wildman–Crippen LogP) is 3.07. The van der Waals surface area contributed by atoms with Gasteiger partial charge >= 0.3 is 0 Å². The number of nitrogens with two attached hydrogens (primary N) is 1. The van der Waals surface area contributed by atoms with Crippen LogP contribution in [-0.4, -0.2) is 6.54 Å². The van der Waals surface area contributed by atoms with Gasteiger partial charge in [0, 0.05) is 5.02 Å². The van der Waals surface area contributed by atoms with Gasteiger partial charge in [0.1, 0.15) is 0 Å². The summed E-state index contributed by atoms with van der Waals surface area (Å²) in [6, 6.07) is 2.41. The lowest BCUT2D eigenvalue weighted by Crippen LogP contribution is -2.07. The molecule has 1 aromatic rings. The smallest absolute Gasteiger partial charge is 0.162 e. The zero-order valence-corrected chi connectivity index (χ0v) is 8.61. The van der Waals surface area contributed by atoms with Crippen LogP contribution in [0.2, 0.25) is 5.02 Å². The van der Waals surface area contributed by atoms with Crippen molar-refractivity contribution in [1.29, 1.82) is 0 Å². The summed E-state index contributed by atoms with van der Waals surface area (Å²) in [4.78, 5) is 0. The molecule has 0 aliphatic rings. The summed E-state index contributed by atoms with van der Waals surface area (Å²) in [5.74, 6) is -1.85. The normalized spacial score (nSPS) is 12.9. The molecule has 1 atom stereocenters. The summed E-state index contributed by atoms with van der Waals surface area (Å²) in [7, 11) is 0. The molecule has 0 aromatic heterocycles. The van der Waals surface area contributed by atoms with Crippen LogP contribution in [0.1, 0.15) is 24.8 Å². The average molecular weight is 220 g/mol. The minimum Gasteiger partial charge on any atom is -0.330 e. The maximum atomic E-state index is 13.3. The van der Waals surface area contributed by atoms with Crippen LogP contribution in [0.5, 0.6) is 0 Å². The van der Waals surface area contributed by atoms with E-state index in [1.54, 1.807) is 6.92 Å². The second-order valence-electron chi connectivity index (χ2n) is 3.27. The molecule has 0 bridgehead atoms. The molecule has 0 amide bonds. The predicted molar refractivity (Wildman–Crippen MR) is 53.5 cm³/mol. The van der Waals surface area contributed by atoms with Gasteiger partial charge < -0.3 is 5.73 Å². The maximum Gasteiger partial charge on any atom is 0.162 e. The molecule has 0 saturated heterocycles. The Morgan fingerprint density at radius 1 is 1.43 bits per heavy atom. The van der Waals surface area contributed by atoms with E-state index in [4.69, 9.17) is 17.3 Å². The van der Waals surface area contributed by atoms with Gasteiger partial charge in [0.05, 0.1) is 0 Å². The van der Waals surface area contributed by atoms with Gasteiger partial charge in [-0.05, 0) is 36.6 Å². The van der Waals surface area contributed by atoms with Crippen molar-refractivity contribution in [1.82, 2.24) is 0 Å². The molecular weight excluding hydrogens is 208 g/mol. The van der Waals surface area contributed by atoms with Crippen LogP contribution >= 0.6 is 11.6 Å². The lowest BCUT2D eigenvalue weighted by Gasteiger charge is -2.12. The quantitative estimate of drug-likeness (QED) is 0.777. The number of benzene rings is 1. The molecule has 0 spiro atoms. The molecule has 1 nitrogen and oxygen atoms in total. The third-order valence-corrected chi connectivity index (χ3v) is 2.37.